The summed E-state index contributed by atoms with van der Waals surface area (Å²) < 4.78 is 75.2. The van der Waals surface area contributed by atoms with E-state index in [-0.39, 0.29) is 17.3 Å². The van der Waals surface area contributed by atoms with Crippen LogP contribution in [0.1, 0.15) is 21.5 Å². The number of nitrogens with zero attached hydrogens (tertiary/aromatic N) is 3. The molecule has 54 heavy (non-hydrogen) atoms. The van der Waals surface area contributed by atoms with Gasteiger partial charge >= 0.3 is 12.0 Å². The number of hydrogen-bond acceptors (Lipinski definition) is 10. The number of rotatable bonds is 9. The van der Waals surface area contributed by atoms with E-state index in [4.69, 9.17) is 42.1 Å². The fourth-order valence-corrected chi connectivity index (χ4v) is 4.69. The molecule has 0 unspecified atom stereocenters. The maximum Gasteiger partial charge on any atom is 0.341 e. The van der Waals surface area contributed by atoms with Crippen molar-refractivity contribution >= 4 is 52.4 Å². The zero-order valence-electron chi connectivity index (χ0n) is 27.6. The molecule has 0 saturated heterocycles. The Morgan fingerprint density at radius 3 is 2.06 bits per heavy atom. The first-order valence-electron chi connectivity index (χ1n) is 14.8. The Kier molecular flexibility index (Phi) is 13.9. The van der Waals surface area contributed by atoms with Crippen molar-refractivity contribution in [2.24, 2.45) is 0 Å². The molecular weight excluding hydrogens is 761 g/mol. The van der Waals surface area contributed by atoms with Crippen LogP contribution in [-0.4, -0.2) is 42.1 Å². The Bertz CT molecular complexity index is 2270. The van der Waals surface area contributed by atoms with Gasteiger partial charge in [0.2, 0.25) is 11.8 Å². The number of aromatic nitrogens is 2. The Morgan fingerprint density at radius 1 is 0.815 bits per heavy atom. The largest absolute Gasteiger partial charge is 0.503 e. The minimum absolute atomic E-state index is 0.184. The van der Waals surface area contributed by atoms with E-state index in [2.05, 4.69) is 16.0 Å². The maximum atomic E-state index is 13.7. The number of nitriles is 1. The number of esters is 1. The lowest BCUT2D eigenvalue weighted by Crippen LogP contribution is -2.35. The van der Waals surface area contributed by atoms with Crippen molar-refractivity contribution in [2.75, 3.05) is 19.5 Å². The van der Waals surface area contributed by atoms with Crippen LogP contribution < -0.4 is 20.1 Å². The molecule has 2 N–H and O–H groups in total. The summed E-state index contributed by atoms with van der Waals surface area (Å²) in [5.41, 5.74) is -0.614. The quantitative estimate of drug-likeness (QED) is 0.0370. The van der Waals surface area contributed by atoms with Crippen LogP contribution in [-0.2, 0) is 14.3 Å². The summed E-state index contributed by atoms with van der Waals surface area (Å²) in [7, 11) is 2.71. The normalized spacial score (nSPS) is 10.5. The van der Waals surface area contributed by atoms with Gasteiger partial charge in [0.25, 0.3) is 5.91 Å². The van der Waals surface area contributed by atoms with Crippen molar-refractivity contribution in [1.29, 1.82) is 5.26 Å². The minimum Gasteiger partial charge on any atom is -0.503 e. The van der Waals surface area contributed by atoms with E-state index in [0.29, 0.717) is 28.7 Å². The lowest BCUT2D eigenvalue weighted by Gasteiger charge is -2.12. The predicted molar refractivity (Wildman–Crippen MR) is 186 cm³/mol. The molecule has 12 nitrogen and oxygen atoms in total. The Morgan fingerprint density at radius 2 is 1.43 bits per heavy atom. The van der Waals surface area contributed by atoms with E-state index in [0.717, 1.165) is 18.2 Å². The van der Waals surface area contributed by atoms with Crippen molar-refractivity contribution in [3.8, 4) is 29.3 Å². The van der Waals surface area contributed by atoms with Crippen LogP contribution in [0.3, 0.4) is 0 Å². The molecule has 0 spiro atoms. The number of imide groups is 1. The van der Waals surface area contributed by atoms with Crippen LogP contribution >= 0.6 is 23.2 Å². The third kappa shape index (κ3) is 10.00. The highest BCUT2D eigenvalue weighted by atomic mass is 35.5. The molecule has 4 aromatic carbocycles. The van der Waals surface area contributed by atoms with Gasteiger partial charge in [0.05, 0.1) is 42.8 Å². The van der Waals surface area contributed by atoms with Gasteiger partial charge in [-0.05, 0) is 36.4 Å². The molecule has 0 atom stereocenters. The van der Waals surface area contributed by atoms with Crippen molar-refractivity contribution in [1.82, 2.24) is 15.3 Å². The lowest BCUT2D eigenvalue weighted by atomic mass is 10.1. The predicted octanol–water partition coefficient (Wildman–Crippen LogP) is 8.60. The number of anilines is 1. The number of hydrogen-bond donors (Lipinski definition) is 2. The molecule has 0 fully saturated rings. The Labute approximate surface area is 313 Å². The molecule has 276 valence electrons. The zero-order chi connectivity index (χ0) is 39.4. The summed E-state index contributed by atoms with van der Waals surface area (Å²) in [5.74, 6) is -5.84. The second kappa shape index (κ2) is 18.7. The van der Waals surface area contributed by atoms with Gasteiger partial charge in [-0.1, -0.05) is 59.6 Å². The van der Waals surface area contributed by atoms with Gasteiger partial charge in [-0.2, -0.15) is 5.26 Å². The number of halogens is 6. The average Bonchev–Trinajstić information content (AvgIpc) is 3.15. The molecule has 5 rings (SSSR count). The first-order valence-corrected chi connectivity index (χ1v) is 15.6. The van der Waals surface area contributed by atoms with E-state index in [1.54, 1.807) is 53.8 Å². The van der Waals surface area contributed by atoms with E-state index >= 15 is 0 Å². The summed E-state index contributed by atoms with van der Waals surface area (Å²) in [5, 5.41) is 11.1. The standard InChI is InChI=1S/C22H17N3O5.C14H6Cl2F4N2O2/c1-27-13-17(22(26)28-2)16-8-4-6-10-19(16)30-21-11-20(24-14-25-21)29-18-9-5-3-7-15(18)12-23;15-5-4-8(12(20)10(16)11(5)19)21-14(24)22-13(23)9-6(17)2-1-3-7(9)18/h3-11,13-14H,1-2H3;1-4H,(H2,21,22,23,24)/b17-13+;. The van der Waals surface area contributed by atoms with Crippen LogP contribution in [0, 0.1) is 34.6 Å². The van der Waals surface area contributed by atoms with Crippen LogP contribution in [0.15, 0.2) is 91.5 Å². The second-order valence-electron chi connectivity index (χ2n) is 10.1. The number of para-hydroxylation sites is 2. The molecule has 0 saturated carbocycles. The average molecular weight is 785 g/mol. The Hall–Kier alpha value is -6.70. The van der Waals surface area contributed by atoms with Gasteiger partial charge in [0.1, 0.15) is 51.7 Å². The molecular formula is C36H23Cl2F4N5O7. The Balaban J connectivity index is 0.000000247. The summed E-state index contributed by atoms with van der Waals surface area (Å²) in [6.07, 6.45) is 2.55. The number of nitrogens with one attached hydrogen (secondary N) is 2. The van der Waals surface area contributed by atoms with Gasteiger partial charge in [-0.15, -0.1) is 0 Å². The topological polar surface area (TPSA) is 162 Å². The fraction of sp³-hybridized carbons (Fsp3) is 0.0556. The molecule has 5 aromatic rings. The first-order chi connectivity index (χ1) is 25.9. The number of carbonyl (C=O) groups is 3. The molecule has 18 heteroatoms. The van der Waals surface area contributed by atoms with Crippen LogP contribution in [0.4, 0.5) is 28.0 Å². The number of ether oxygens (including phenoxy) is 4. The molecule has 1 aromatic heterocycles. The van der Waals surface area contributed by atoms with Crippen molar-refractivity contribution < 1.29 is 50.9 Å². The minimum atomic E-state index is -1.40. The van der Waals surface area contributed by atoms with Gasteiger partial charge < -0.3 is 24.3 Å². The van der Waals surface area contributed by atoms with Gasteiger partial charge in [0.15, 0.2) is 11.6 Å². The smallest absolute Gasteiger partial charge is 0.341 e. The first kappa shape index (κ1) is 40.1. The third-order valence-electron chi connectivity index (χ3n) is 6.64. The molecule has 3 amide bonds. The summed E-state index contributed by atoms with van der Waals surface area (Å²) in [4.78, 5) is 43.6. The van der Waals surface area contributed by atoms with E-state index in [1.807, 2.05) is 5.32 Å². The van der Waals surface area contributed by atoms with Gasteiger partial charge in [-0.25, -0.2) is 37.1 Å². The third-order valence-corrected chi connectivity index (χ3v) is 7.25. The summed E-state index contributed by atoms with van der Waals surface area (Å²) >= 11 is 10.8. The number of carbonyl (C=O) groups excluding carboxylic acids is 3. The molecule has 1 heterocycles. The lowest BCUT2D eigenvalue weighted by molar-refractivity contribution is -0.133. The fourth-order valence-electron chi connectivity index (χ4n) is 4.23. The number of urea groups is 1. The van der Waals surface area contributed by atoms with Crippen LogP contribution in [0.5, 0.6) is 23.3 Å². The monoisotopic (exact) mass is 783 g/mol. The molecule has 0 radical (unpaired) electrons. The zero-order valence-corrected chi connectivity index (χ0v) is 29.1. The highest BCUT2D eigenvalue weighted by molar-refractivity contribution is 6.35. The highest BCUT2D eigenvalue weighted by Crippen LogP contribution is 2.33. The molecule has 0 aliphatic carbocycles. The van der Waals surface area contributed by atoms with Crippen molar-refractivity contribution in [2.45, 2.75) is 0 Å². The number of methoxy groups -OCH3 is 2. The second-order valence-corrected chi connectivity index (χ2v) is 10.9. The summed E-state index contributed by atoms with van der Waals surface area (Å²) in [6.45, 7) is 0. The number of benzene rings is 4. The van der Waals surface area contributed by atoms with E-state index in [1.165, 1.54) is 32.9 Å². The highest BCUT2D eigenvalue weighted by Gasteiger charge is 2.22. The maximum absolute atomic E-state index is 13.7. The molecule has 0 aliphatic rings. The van der Waals surface area contributed by atoms with E-state index < -0.39 is 62.5 Å². The molecule has 0 bridgehead atoms. The summed E-state index contributed by atoms with van der Waals surface area (Å²) in [6, 6.07) is 19.2. The number of amides is 3. The van der Waals surface area contributed by atoms with Crippen molar-refractivity contribution in [3.63, 3.8) is 0 Å². The van der Waals surface area contributed by atoms with Crippen LogP contribution in [0.2, 0.25) is 10.0 Å². The van der Waals surface area contributed by atoms with Gasteiger partial charge in [0, 0.05) is 5.56 Å². The van der Waals surface area contributed by atoms with E-state index in [9.17, 15) is 37.2 Å². The van der Waals surface area contributed by atoms with Crippen molar-refractivity contribution in [3.05, 3.63) is 141 Å². The van der Waals surface area contributed by atoms with Gasteiger partial charge in [-0.3, -0.25) is 10.1 Å². The SMILES string of the molecule is CO/C=C(/C(=O)OC)c1ccccc1Oc1cc(Oc2ccccc2C#N)ncn1.O=C(NC(=O)c1c(F)cccc1F)Nc1cc(Cl)c(F)c(Cl)c1F. The van der Waals surface area contributed by atoms with Crippen LogP contribution in [0.25, 0.3) is 5.57 Å². The molecule has 0 aliphatic heterocycles.